The van der Waals surface area contributed by atoms with Crippen molar-refractivity contribution in [3.63, 3.8) is 0 Å². The second kappa shape index (κ2) is 5.36. The number of benzene rings is 3. The van der Waals surface area contributed by atoms with Gasteiger partial charge >= 0.3 is 142 Å². The normalized spacial score (nSPS) is 16.7. The van der Waals surface area contributed by atoms with E-state index in [9.17, 15) is 0 Å². The summed E-state index contributed by atoms with van der Waals surface area (Å²) in [5, 5.41) is 0. The molecule has 111 valence electrons. The topological polar surface area (TPSA) is 3.24 Å². The molecule has 0 saturated heterocycles. The standard InChI is InChI=1S/C21H18GeN/c1-4-10-19-16(7-1)13-23-14-17-8-2-5-11-20(17)22(19)21-12-6-3-9-18(21)15-23/h1-12H,13-15H2. The van der Waals surface area contributed by atoms with Crippen LogP contribution in [0, 0.1) is 0 Å². The Morgan fingerprint density at radius 1 is 0.522 bits per heavy atom. The van der Waals surface area contributed by atoms with Crippen molar-refractivity contribution in [2.24, 2.45) is 0 Å². The summed E-state index contributed by atoms with van der Waals surface area (Å²) in [5.41, 5.74) is 4.64. The summed E-state index contributed by atoms with van der Waals surface area (Å²) < 4.78 is 4.91. The molecule has 3 aromatic rings. The zero-order chi connectivity index (χ0) is 15.2. The monoisotopic (exact) mass is 358 g/mol. The number of nitrogens with zero attached hydrogens (tertiary/aromatic N) is 1. The third kappa shape index (κ3) is 2.19. The number of hydrogen-bond donors (Lipinski definition) is 0. The van der Waals surface area contributed by atoms with Crippen molar-refractivity contribution in [1.29, 1.82) is 0 Å². The Bertz CT molecular complexity index is 769. The number of rotatable bonds is 0. The van der Waals surface area contributed by atoms with Gasteiger partial charge in [-0.05, 0) is 0 Å². The van der Waals surface area contributed by atoms with Gasteiger partial charge in [0.1, 0.15) is 0 Å². The van der Waals surface area contributed by atoms with Crippen LogP contribution in [0.3, 0.4) is 0 Å². The first-order valence-electron chi connectivity index (χ1n) is 8.24. The Morgan fingerprint density at radius 2 is 0.870 bits per heavy atom. The van der Waals surface area contributed by atoms with Crippen LogP contribution in [-0.4, -0.2) is 19.2 Å². The molecule has 3 aliphatic rings. The molecule has 2 bridgehead atoms. The van der Waals surface area contributed by atoms with Gasteiger partial charge in [-0.3, -0.25) is 0 Å². The molecule has 0 spiro atoms. The van der Waals surface area contributed by atoms with Crippen LogP contribution >= 0.6 is 0 Å². The first-order valence-corrected chi connectivity index (χ1v) is 11.4. The van der Waals surface area contributed by atoms with Gasteiger partial charge < -0.3 is 0 Å². The zero-order valence-corrected chi connectivity index (χ0v) is 15.1. The molecule has 3 heterocycles. The third-order valence-electron chi connectivity index (χ3n) is 5.04. The summed E-state index contributed by atoms with van der Waals surface area (Å²) in [6.45, 7) is 3.24. The average Bonchev–Trinajstić information content (AvgIpc) is 2.55. The van der Waals surface area contributed by atoms with Crippen LogP contribution in [-0.2, 0) is 19.6 Å². The van der Waals surface area contributed by atoms with E-state index in [0.717, 1.165) is 19.6 Å². The molecule has 2 heteroatoms. The summed E-state index contributed by atoms with van der Waals surface area (Å²) in [4.78, 5) is 2.60. The van der Waals surface area contributed by atoms with Crippen LogP contribution < -0.4 is 13.2 Å². The Balaban J connectivity index is 1.88. The summed E-state index contributed by atoms with van der Waals surface area (Å²) >= 11 is -1.73. The minimum absolute atomic E-state index is 1.08. The predicted octanol–water partition coefficient (Wildman–Crippen LogP) is 2.03. The first-order chi connectivity index (χ1) is 11.4. The van der Waals surface area contributed by atoms with E-state index in [2.05, 4.69) is 77.7 Å². The van der Waals surface area contributed by atoms with Crippen LogP contribution in [0.15, 0.2) is 72.8 Å². The molecule has 6 rings (SSSR count). The number of hydrogen-bond acceptors (Lipinski definition) is 1. The molecule has 1 nitrogen and oxygen atoms in total. The molecular formula is C21H18GeN. The summed E-state index contributed by atoms with van der Waals surface area (Å²) in [7, 11) is 0. The average molecular weight is 357 g/mol. The van der Waals surface area contributed by atoms with E-state index in [1.165, 1.54) is 0 Å². The molecule has 0 saturated carbocycles. The molecule has 1 radical (unpaired) electrons. The fourth-order valence-corrected chi connectivity index (χ4v) is 10.6. The quantitative estimate of drug-likeness (QED) is 0.557. The van der Waals surface area contributed by atoms with Gasteiger partial charge in [-0.25, -0.2) is 0 Å². The van der Waals surface area contributed by atoms with Gasteiger partial charge in [0.05, 0.1) is 0 Å². The fourth-order valence-electron chi connectivity index (χ4n) is 4.03. The van der Waals surface area contributed by atoms with E-state index in [0.29, 0.717) is 0 Å². The molecule has 3 aliphatic heterocycles. The van der Waals surface area contributed by atoms with Gasteiger partial charge in [-0.1, -0.05) is 0 Å². The Hall–Kier alpha value is -1.84. The van der Waals surface area contributed by atoms with Gasteiger partial charge in [0.15, 0.2) is 0 Å². The van der Waals surface area contributed by atoms with Crippen molar-refractivity contribution >= 4 is 27.5 Å². The Morgan fingerprint density at radius 3 is 1.26 bits per heavy atom. The summed E-state index contributed by atoms with van der Waals surface area (Å²) in [5.74, 6) is 0. The van der Waals surface area contributed by atoms with E-state index < -0.39 is 14.3 Å². The van der Waals surface area contributed by atoms with Crippen molar-refractivity contribution in [2.45, 2.75) is 19.6 Å². The van der Waals surface area contributed by atoms with Gasteiger partial charge in [0, 0.05) is 0 Å². The fraction of sp³-hybridized carbons (Fsp3) is 0.143. The summed E-state index contributed by atoms with van der Waals surface area (Å²) in [6.07, 6.45) is 0. The molecule has 0 atom stereocenters. The molecule has 0 aliphatic carbocycles. The Labute approximate surface area is 141 Å². The van der Waals surface area contributed by atoms with Gasteiger partial charge in [-0.15, -0.1) is 0 Å². The van der Waals surface area contributed by atoms with Gasteiger partial charge in [0.25, 0.3) is 0 Å². The maximum absolute atomic E-state index is 2.60. The van der Waals surface area contributed by atoms with Gasteiger partial charge in [-0.2, -0.15) is 0 Å². The molecule has 3 aromatic carbocycles. The SMILES string of the molecule is c1cc[c]2c(c1)CN1Cc3cccc[c]3[Ge]2[c]2ccccc2C1. The third-order valence-corrected chi connectivity index (χ3v) is 11.5. The predicted molar refractivity (Wildman–Crippen MR) is 96.9 cm³/mol. The molecule has 0 amide bonds. The van der Waals surface area contributed by atoms with Gasteiger partial charge in [0.2, 0.25) is 0 Å². The van der Waals surface area contributed by atoms with Crippen LogP contribution in [0.5, 0.6) is 0 Å². The maximum atomic E-state index is 2.60. The van der Waals surface area contributed by atoms with Crippen LogP contribution in [0.25, 0.3) is 0 Å². The molecule has 0 N–H and O–H groups in total. The molecule has 0 aromatic heterocycles. The van der Waals surface area contributed by atoms with E-state index >= 15 is 0 Å². The van der Waals surface area contributed by atoms with E-state index in [4.69, 9.17) is 0 Å². The van der Waals surface area contributed by atoms with Crippen LogP contribution in [0.2, 0.25) is 0 Å². The van der Waals surface area contributed by atoms with E-state index in [-0.39, 0.29) is 0 Å². The summed E-state index contributed by atoms with van der Waals surface area (Å²) in [6, 6.07) is 27.5. The Kier molecular flexibility index (Phi) is 3.17. The van der Waals surface area contributed by atoms with Crippen LogP contribution in [0.1, 0.15) is 16.7 Å². The van der Waals surface area contributed by atoms with Crippen molar-refractivity contribution in [3.05, 3.63) is 89.5 Å². The van der Waals surface area contributed by atoms with Crippen molar-refractivity contribution in [1.82, 2.24) is 4.90 Å². The first kappa shape index (κ1) is 13.6. The van der Waals surface area contributed by atoms with Crippen LogP contribution in [0.4, 0.5) is 0 Å². The minimum atomic E-state index is -1.73. The van der Waals surface area contributed by atoms with E-state index in [1.54, 1.807) is 29.9 Å². The van der Waals surface area contributed by atoms with Crippen molar-refractivity contribution in [3.8, 4) is 0 Å². The van der Waals surface area contributed by atoms with Crippen molar-refractivity contribution < 1.29 is 0 Å². The molecular weight excluding hydrogens is 339 g/mol. The zero-order valence-electron chi connectivity index (χ0n) is 13.0. The molecule has 0 unspecified atom stereocenters. The molecule has 23 heavy (non-hydrogen) atoms. The second-order valence-electron chi connectivity index (χ2n) is 6.49. The van der Waals surface area contributed by atoms with E-state index in [1.807, 2.05) is 0 Å². The second-order valence-corrected chi connectivity index (χ2v) is 11.5. The van der Waals surface area contributed by atoms with Crippen molar-refractivity contribution in [2.75, 3.05) is 0 Å². The molecule has 0 fully saturated rings.